The highest BCUT2D eigenvalue weighted by molar-refractivity contribution is 7.18. The van der Waals surface area contributed by atoms with Crippen molar-refractivity contribution >= 4 is 33.4 Å². The van der Waals surface area contributed by atoms with Crippen molar-refractivity contribution in [3.05, 3.63) is 29.3 Å². The van der Waals surface area contributed by atoms with Gasteiger partial charge in [0.15, 0.2) is 6.61 Å². The standard InChI is InChI=1S/C19H24N2O4S/c1-13-6-2-3-7-14(13)20-17(22)10-25-19(23)12-24-11-18-21-15-8-4-5-9-16(15)26-18/h4-5,8-9,13-14H,2-3,6-7,10-12H2,1H3,(H,20,22)/t13-,14-/m0/s1. The van der Waals surface area contributed by atoms with Crippen LogP contribution in [0.2, 0.25) is 0 Å². The van der Waals surface area contributed by atoms with Crippen molar-refractivity contribution in [2.75, 3.05) is 13.2 Å². The topological polar surface area (TPSA) is 77.5 Å². The first-order chi connectivity index (χ1) is 12.6. The summed E-state index contributed by atoms with van der Waals surface area (Å²) >= 11 is 1.53. The van der Waals surface area contributed by atoms with Gasteiger partial charge in [0.25, 0.3) is 5.91 Å². The lowest BCUT2D eigenvalue weighted by Gasteiger charge is -2.29. The van der Waals surface area contributed by atoms with Crippen molar-refractivity contribution in [1.82, 2.24) is 10.3 Å². The second-order valence-corrected chi connectivity index (χ2v) is 7.78. The minimum atomic E-state index is -0.544. The molecule has 0 radical (unpaired) electrons. The van der Waals surface area contributed by atoms with Gasteiger partial charge in [0.1, 0.15) is 11.6 Å². The van der Waals surface area contributed by atoms with Gasteiger partial charge in [-0.25, -0.2) is 9.78 Å². The summed E-state index contributed by atoms with van der Waals surface area (Å²) in [5.41, 5.74) is 0.923. The van der Waals surface area contributed by atoms with Gasteiger partial charge in [0.2, 0.25) is 0 Å². The van der Waals surface area contributed by atoms with Crippen LogP contribution in [0, 0.1) is 5.92 Å². The minimum Gasteiger partial charge on any atom is -0.454 e. The number of aromatic nitrogens is 1. The molecule has 1 aliphatic carbocycles. The van der Waals surface area contributed by atoms with E-state index >= 15 is 0 Å². The molecule has 26 heavy (non-hydrogen) atoms. The largest absolute Gasteiger partial charge is 0.454 e. The van der Waals surface area contributed by atoms with Crippen molar-refractivity contribution in [1.29, 1.82) is 0 Å². The van der Waals surface area contributed by atoms with E-state index in [0.717, 1.165) is 34.5 Å². The summed E-state index contributed by atoms with van der Waals surface area (Å²) in [5, 5.41) is 3.76. The van der Waals surface area contributed by atoms with Gasteiger partial charge in [-0.15, -0.1) is 11.3 Å². The van der Waals surface area contributed by atoms with Crippen molar-refractivity contribution in [3.8, 4) is 0 Å². The first-order valence-electron chi connectivity index (χ1n) is 8.99. The molecule has 1 fully saturated rings. The van der Waals surface area contributed by atoms with Crippen molar-refractivity contribution in [2.45, 2.75) is 45.3 Å². The van der Waals surface area contributed by atoms with Crippen LogP contribution in [-0.4, -0.2) is 36.1 Å². The predicted molar refractivity (Wildman–Crippen MR) is 99.8 cm³/mol. The van der Waals surface area contributed by atoms with Gasteiger partial charge in [-0.3, -0.25) is 4.79 Å². The van der Waals surface area contributed by atoms with Crippen molar-refractivity contribution in [3.63, 3.8) is 0 Å². The monoisotopic (exact) mass is 376 g/mol. The van der Waals surface area contributed by atoms with Crippen LogP contribution in [0.4, 0.5) is 0 Å². The van der Waals surface area contributed by atoms with Gasteiger partial charge >= 0.3 is 5.97 Å². The van der Waals surface area contributed by atoms with Crippen LogP contribution < -0.4 is 5.32 Å². The second-order valence-electron chi connectivity index (χ2n) is 6.66. The summed E-state index contributed by atoms with van der Waals surface area (Å²) in [7, 11) is 0. The number of hydrogen-bond donors (Lipinski definition) is 1. The molecule has 1 N–H and O–H groups in total. The Hall–Kier alpha value is -1.99. The van der Waals surface area contributed by atoms with Gasteiger partial charge in [-0.2, -0.15) is 0 Å². The van der Waals surface area contributed by atoms with Gasteiger partial charge < -0.3 is 14.8 Å². The number of esters is 1. The average molecular weight is 376 g/mol. The SMILES string of the molecule is C[C@H]1CCCC[C@@H]1NC(=O)COC(=O)COCc1nc2ccccc2s1. The van der Waals surface area contributed by atoms with E-state index in [1.807, 2.05) is 24.3 Å². The van der Waals surface area contributed by atoms with E-state index in [4.69, 9.17) is 9.47 Å². The highest BCUT2D eigenvalue weighted by Gasteiger charge is 2.23. The zero-order valence-corrected chi connectivity index (χ0v) is 15.7. The van der Waals surface area contributed by atoms with E-state index in [9.17, 15) is 9.59 Å². The molecule has 1 aromatic heterocycles. The van der Waals surface area contributed by atoms with E-state index in [0.29, 0.717) is 5.92 Å². The third-order valence-electron chi connectivity index (χ3n) is 4.61. The van der Waals surface area contributed by atoms with Crippen LogP contribution in [0.5, 0.6) is 0 Å². The molecule has 0 bridgehead atoms. The Morgan fingerprint density at radius 2 is 2.04 bits per heavy atom. The van der Waals surface area contributed by atoms with Gasteiger partial charge in [-0.1, -0.05) is 31.9 Å². The summed E-state index contributed by atoms with van der Waals surface area (Å²) in [5.74, 6) is -0.318. The van der Waals surface area contributed by atoms with E-state index in [2.05, 4.69) is 17.2 Å². The minimum absolute atomic E-state index is 0.185. The number of carbonyl (C=O) groups excluding carboxylic acids is 2. The van der Waals surface area contributed by atoms with Crippen LogP contribution in [0.3, 0.4) is 0 Å². The quantitative estimate of drug-likeness (QED) is 0.752. The number of hydrogen-bond acceptors (Lipinski definition) is 6. The fourth-order valence-corrected chi connectivity index (χ4v) is 4.08. The fraction of sp³-hybridized carbons (Fsp3) is 0.526. The lowest BCUT2D eigenvalue weighted by molar-refractivity contribution is -0.153. The number of carbonyl (C=O) groups is 2. The van der Waals surface area contributed by atoms with Gasteiger partial charge in [-0.05, 0) is 30.9 Å². The van der Waals surface area contributed by atoms with Crippen molar-refractivity contribution < 1.29 is 19.1 Å². The van der Waals surface area contributed by atoms with Crippen molar-refractivity contribution in [2.24, 2.45) is 5.92 Å². The zero-order valence-electron chi connectivity index (χ0n) is 14.9. The summed E-state index contributed by atoms with van der Waals surface area (Å²) in [4.78, 5) is 28.1. The van der Waals surface area contributed by atoms with Gasteiger partial charge in [0, 0.05) is 6.04 Å². The smallest absolute Gasteiger partial charge is 0.332 e. The molecule has 0 saturated heterocycles. The third-order valence-corrected chi connectivity index (χ3v) is 5.62. The van der Waals surface area contributed by atoms with Crippen LogP contribution in [0.15, 0.2) is 24.3 Å². The lowest BCUT2D eigenvalue weighted by atomic mass is 9.86. The Kier molecular flexibility index (Phi) is 6.57. The molecule has 2 atom stereocenters. The zero-order chi connectivity index (χ0) is 18.4. The summed E-state index contributed by atoms with van der Waals surface area (Å²) in [6.45, 7) is 1.95. The van der Waals surface area contributed by atoms with E-state index in [1.165, 1.54) is 17.8 Å². The fourth-order valence-electron chi connectivity index (χ4n) is 3.17. The number of thiazole rings is 1. The normalized spacial score (nSPS) is 20.0. The molecule has 1 saturated carbocycles. The number of benzene rings is 1. The number of nitrogens with one attached hydrogen (secondary N) is 1. The van der Waals surface area contributed by atoms with Crippen LogP contribution >= 0.6 is 11.3 Å². The Morgan fingerprint density at radius 1 is 1.23 bits per heavy atom. The van der Waals surface area contributed by atoms with Gasteiger partial charge in [0.05, 0.1) is 16.8 Å². The molecule has 0 spiro atoms. The Balaban J connectivity index is 1.34. The van der Waals surface area contributed by atoms with Crippen LogP contribution in [-0.2, 0) is 25.7 Å². The third kappa shape index (κ3) is 5.25. The second kappa shape index (κ2) is 9.09. The van der Waals surface area contributed by atoms with E-state index in [1.54, 1.807) is 0 Å². The molecule has 1 amide bonds. The molecule has 1 aliphatic rings. The number of fused-ring (bicyclic) bond motifs is 1. The molecule has 140 valence electrons. The maximum absolute atomic E-state index is 11.9. The number of nitrogens with zero attached hydrogens (tertiary/aromatic N) is 1. The lowest BCUT2D eigenvalue weighted by Crippen LogP contribution is -2.43. The Labute approximate surface area is 156 Å². The highest BCUT2D eigenvalue weighted by atomic mass is 32.1. The van der Waals surface area contributed by atoms with Crippen LogP contribution in [0.1, 0.15) is 37.6 Å². The number of rotatable bonds is 7. The van der Waals surface area contributed by atoms with E-state index < -0.39 is 5.97 Å². The first kappa shape index (κ1) is 18.8. The maximum Gasteiger partial charge on any atom is 0.332 e. The molecule has 7 heteroatoms. The summed E-state index contributed by atoms with van der Waals surface area (Å²) in [6.07, 6.45) is 4.47. The summed E-state index contributed by atoms with van der Waals surface area (Å²) in [6, 6.07) is 8.02. The molecule has 1 aromatic carbocycles. The Bertz CT molecular complexity index is 728. The number of ether oxygens (including phenoxy) is 2. The molecule has 0 aliphatic heterocycles. The highest BCUT2D eigenvalue weighted by Crippen LogP contribution is 2.23. The van der Waals surface area contributed by atoms with Crippen LogP contribution in [0.25, 0.3) is 10.2 Å². The Morgan fingerprint density at radius 3 is 2.85 bits per heavy atom. The molecule has 2 aromatic rings. The average Bonchev–Trinajstić information content (AvgIpc) is 3.05. The molecule has 6 nitrogen and oxygen atoms in total. The maximum atomic E-state index is 11.9. The van der Waals surface area contributed by atoms with E-state index in [-0.39, 0.29) is 31.8 Å². The molecule has 1 heterocycles. The first-order valence-corrected chi connectivity index (χ1v) is 9.80. The molecule has 0 unspecified atom stereocenters. The molecular formula is C19H24N2O4S. The molecular weight excluding hydrogens is 352 g/mol. The predicted octanol–water partition coefficient (Wildman–Crippen LogP) is 3.05. The number of para-hydroxylation sites is 1. The summed E-state index contributed by atoms with van der Waals surface area (Å²) < 4.78 is 11.4. The molecule has 3 rings (SSSR count). The number of amides is 1.